The molecule has 1 saturated heterocycles. The third kappa shape index (κ3) is 3.64. The van der Waals surface area contributed by atoms with Gasteiger partial charge in [0.1, 0.15) is 0 Å². The summed E-state index contributed by atoms with van der Waals surface area (Å²) in [4.78, 5) is 10.8. The van der Waals surface area contributed by atoms with Gasteiger partial charge >= 0.3 is 0 Å². The number of carbonyl (C=O) groups is 1. The van der Waals surface area contributed by atoms with Gasteiger partial charge in [0.15, 0.2) is 0 Å². The molecular weight excluding hydrogens is 180 g/mol. The van der Waals surface area contributed by atoms with E-state index in [-0.39, 0.29) is 17.9 Å². The van der Waals surface area contributed by atoms with E-state index in [1.165, 1.54) is 0 Å². The third-order valence-electron chi connectivity index (χ3n) is 2.68. The second kappa shape index (κ2) is 5.32. The van der Waals surface area contributed by atoms with Gasteiger partial charge in [-0.2, -0.15) is 0 Å². The summed E-state index contributed by atoms with van der Waals surface area (Å²) in [5.74, 6) is -0.475. The standard InChI is InChI=1S/C10H20N2O2/c1-7(10(11)13)6-14-9-4-3-8(2)12-5-9/h7-9,12H,3-6H2,1-2H3,(H2,11,13). The second-order valence-electron chi connectivity index (χ2n) is 4.15. The number of nitrogens with one attached hydrogen (secondary N) is 1. The lowest BCUT2D eigenvalue weighted by Gasteiger charge is -2.28. The van der Waals surface area contributed by atoms with Crippen molar-refractivity contribution in [2.24, 2.45) is 11.7 Å². The molecular formula is C10H20N2O2. The summed E-state index contributed by atoms with van der Waals surface area (Å²) in [6.45, 7) is 5.28. The van der Waals surface area contributed by atoms with Crippen molar-refractivity contribution in [3.05, 3.63) is 0 Å². The van der Waals surface area contributed by atoms with Gasteiger partial charge in [-0.3, -0.25) is 4.79 Å². The molecule has 0 radical (unpaired) electrons. The Morgan fingerprint density at radius 2 is 2.36 bits per heavy atom. The molecule has 0 saturated carbocycles. The fraction of sp³-hybridized carbons (Fsp3) is 0.900. The van der Waals surface area contributed by atoms with E-state index in [4.69, 9.17) is 10.5 Å². The van der Waals surface area contributed by atoms with Gasteiger partial charge in [-0.1, -0.05) is 6.92 Å². The summed E-state index contributed by atoms with van der Waals surface area (Å²) < 4.78 is 5.59. The molecule has 1 rings (SSSR count). The Morgan fingerprint density at radius 3 is 2.86 bits per heavy atom. The first kappa shape index (κ1) is 11.5. The summed E-state index contributed by atoms with van der Waals surface area (Å²) in [5.41, 5.74) is 5.14. The molecule has 0 spiro atoms. The Labute approximate surface area is 85.2 Å². The minimum atomic E-state index is -0.290. The van der Waals surface area contributed by atoms with Crippen molar-refractivity contribution in [1.82, 2.24) is 5.32 Å². The fourth-order valence-corrected chi connectivity index (χ4v) is 1.48. The predicted octanol–water partition coefficient (Wildman–Crippen LogP) is 0.265. The predicted molar refractivity (Wildman–Crippen MR) is 54.8 cm³/mol. The molecule has 1 heterocycles. The number of primary amides is 1. The summed E-state index contributed by atoms with van der Waals surface area (Å²) in [6, 6.07) is 0.586. The first-order valence-corrected chi connectivity index (χ1v) is 5.24. The summed E-state index contributed by atoms with van der Waals surface area (Å²) in [6.07, 6.45) is 2.45. The third-order valence-corrected chi connectivity index (χ3v) is 2.68. The molecule has 0 aliphatic carbocycles. The van der Waals surface area contributed by atoms with Gasteiger partial charge < -0.3 is 15.8 Å². The normalized spacial score (nSPS) is 29.9. The van der Waals surface area contributed by atoms with Gasteiger partial charge in [0.2, 0.25) is 5.91 Å². The van der Waals surface area contributed by atoms with Gasteiger partial charge in [0.25, 0.3) is 0 Å². The lowest BCUT2D eigenvalue weighted by atomic mass is 10.0. The smallest absolute Gasteiger partial charge is 0.222 e. The van der Waals surface area contributed by atoms with Crippen LogP contribution in [-0.2, 0) is 9.53 Å². The maximum atomic E-state index is 10.8. The second-order valence-corrected chi connectivity index (χ2v) is 4.15. The molecule has 3 N–H and O–H groups in total. The number of rotatable bonds is 4. The van der Waals surface area contributed by atoms with Crippen LogP contribution in [0.2, 0.25) is 0 Å². The number of hydrogen-bond acceptors (Lipinski definition) is 3. The van der Waals surface area contributed by atoms with Crippen LogP contribution in [0.5, 0.6) is 0 Å². The van der Waals surface area contributed by atoms with E-state index in [9.17, 15) is 4.79 Å². The summed E-state index contributed by atoms with van der Waals surface area (Å²) in [5, 5.41) is 3.34. The number of piperidine rings is 1. The van der Waals surface area contributed by atoms with Crippen LogP contribution in [-0.4, -0.2) is 31.2 Å². The maximum Gasteiger partial charge on any atom is 0.222 e. The number of hydrogen-bond donors (Lipinski definition) is 2. The molecule has 0 aromatic heterocycles. The van der Waals surface area contributed by atoms with E-state index in [0.717, 1.165) is 19.4 Å². The average Bonchev–Trinajstić information content (AvgIpc) is 2.16. The van der Waals surface area contributed by atoms with E-state index in [1.54, 1.807) is 6.92 Å². The molecule has 14 heavy (non-hydrogen) atoms. The Balaban J connectivity index is 2.16. The van der Waals surface area contributed by atoms with Gasteiger partial charge in [-0.15, -0.1) is 0 Å². The summed E-state index contributed by atoms with van der Waals surface area (Å²) in [7, 11) is 0. The van der Waals surface area contributed by atoms with Crippen LogP contribution < -0.4 is 11.1 Å². The Hall–Kier alpha value is -0.610. The zero-order valence-corrected chi connectivity index (χ0v) is 8.95. The minimum Gasteiger partial charge on any atom is -0.376 e. The van der Waals surface area contributed by atoms with E-state index in [2.05, 4.69) is 12.2 Å². The minimum absolute atomic E-state index is 0.186. The molecule has 1 fully saturated rings. The van der Waals surface area contributed by atoms with Crippen LogP contribution in [0.15, 0.2) is 0 Å². The van der Waals surface area contributed by atoms with Crippen molar-refractivity contribution in [3.63, 3.8) is 0 Å². The number of ether oxygens (including phenoxy) is 1. The molecule has 4 heteroatoms. The molecule has 1 aliphatic heterocycles. The largest absolute Gasteiger partial charge is 0.376 e. The lowest BCUT2D eigenvalue weighted by Crippen LogP contribution is -2.42. The van der Waals surface area contributed by atoms with Crippen LogP contribution in [0.1, 0.15) is 26.7 Å². The SMILES string of the molecule is CC1CCC(OCC(C)C(N)=O)CN1. The van der Waals surface area contributed by atoms with Crippen molar-refractivity contribution >= 4 is 5.91 Å². The Bertz CT molecular complexity index is 189. The number of amides is 1. The molecule has 0 aromatic rings. The van der Waals surface area contributed by atoms with Gasteiger partial charge in [-0.25, -0.2) is 0 Å². The highest BCUT2D eigenvalue weighted by Gasteiger charge is 2.19. The molecule has 0 aromatic carbocycles. The van der Waals surface area contributed by atoms with Crippen LogP contribution in [0.4, 0.5) is 0 Å². The van der Waals surface area contributed by atoms with E-state index in [1.807, 2.05) is 0 Å². The van der Waals surface area contributed by atoms with Crippen LogP contribution in [0.25, 0.3) is 0 Å². The highest BCUT2D eigenvalue weighted by atomic mass is 16.5. The van der Waals surface area contributed by atoms with Gasteiger partial charge in [0.05, 0.1) is 18.6 Å². The highest BCUT2D eigenvalue weighted by molar-refractivity contribution is 5.76. The van der Waals surface area contributed by atoms with Crippen molar-refractivity contribution in [2.45, 2.75) is 38.8 Å². The van der Waals surface area contributed by atoms with Crippen LogP contribution >= 0.6 is 0 Å². The topological polar surface area (TPSA) is 64.3 Å². The van der Waals surface area contributed by atoms with Crippen LogP contribution in [0.3, 0.4) is 0 Å². The van der Waals surface area contributed by atoms with Crippen molar-refractivity contribution < 1.29 is 9.53 Å². The Kier molecular flexibility index (Phi) is 4.35. The molecule has 3 atom stereocenters. The number of nitrogens with two attached hydrogens (primary N) is 1. The zero-order valence-electron chi connectivity index (χ0n) is 8.95. The molecule has 4 nitrogen and oxygen atoms in total. The van der Waals surface area contributed by atoms with E-state index < -0.39 is 0 Å². The maximum absolute atomic E-state index is 10.8. The van der Waals surface area contributed by atoms with Crippen LogP contribution in [0, 0.1) is 5.92 Å². The highest BCUT2D eigenvalue weighted by Crippen LogP contribution is 2.11. The molecule has 0 bridgehead atoms. The Morgan fingerprint density at radius 1 is 1.64 bits per heavy atom. The van der Waals surface area contributed by atoms with E-state index in [0.29, 0.717) is 12.6 Å². The summed E-state index contributed by atoms with van der Waals surface area (Å²) >= 11 is 0. The van der Waals surface area contributed by atoms with E-state index >= 15 is 0 Å². The van der Waals surface area contributed by atoms with Crippen molar-refractivity contribution in [1.29, 1.82) is 0 Å². The monoisotopic (exact) mass is 200 g/mol. The van der Waals surface area contributed by atoms with Gasteiger partial charge in [-0.05, 0) is 19.8 Å². The molecule has 1 amide bonds. The van der Waals surface area contributed by atoms with Gasteiger partial charge in [0, 0.05) is 12.6 Å². The van der Waals surface area contributed by atoms with Crippen molar-refractivity contribution in [3.8, 4) is 0 Å². The number of carbonyl (C=O) groups excluding carboxylic acids is 1. The fourth-order valence-electron chi connectivity index (χ4n) is 1.48. The average molecular weight is 200 g/mol. The molecule has 1 aliphatic rings. The quantitative estimate of drug-likeness (QED) is 0.684. The lowest BCUT2D eigenvalue weighted by molar-refractivity contribution is -0.124. The molecule has 82 valence electrons. The first-order valence-electron chi connectivity index (χ1n) is 5.24. The van der Waals surface area contributed by atoms with Crippen molar-refractivity contribution in [2.75, 3.05) is 13.2 Å². The zero-order chi connectivity index (χ0) is 10.6. The first-order chi connectivity index (χ1) is 6.59. The molecule has 3 unspecified atom stereocenters.